The van der Waals surface area contributed by atoms with Crippen LogP contribution < -0.4 is 5.32 Å². The van der Waals surface area contributed by atoms with Crippen molar-refractivity contribution in [3.05, 3.63) is 47.5 Å². The zero-order valence-electron chi connectivity index (χ0n) is 13.4. The number of aromatic nitrogens is 1. The first-order valence-electron chi connectivity index (χ1n) is 7.92. The molecule has 1 aliphatic rings. The summed E-state index contributed by atoms with van der Waals surface area (Å²) < 4.78 is 13.9. The van der Waals surface area contributed by atoms with Gasteiger partial charge in [-0.2, -0.15) is 5.26 Å². The van der Waals surface area contributed by atoms with Gasteiger partial charge in [-0.25, -0.2) is 9.37 Å². The summed E-state index contributed by atoms with van der Waals surface area (Å²) >= 11 is 1.37. The number of fused-ring (bicyclic) bond motifs is 1. The van der Waals surface area contributed by atoms with E-state index in [4.69, 9.17) is 5.26 Å². The van der Waals surface area contributed by atoms with Crippen molar-refractivity contribution in [2.75, 3.05) is 5.32 Å². The fourth-order valence-electron chi connectivity index (χ4n) is 2.78. The van der Waals surface area contributed by atoms with Crippen molar-refractivity contribution in [3.63, 3.8) is 0 Å². The zero-order chi connectivity index (χ0) is 17.6. The zero-order valence-corrected chi connectivity index (χ0v) is 14.2. The molecule has 0 saturated heterocycles. The molecule has 0 bridgehead atoms. The van der Waals surface area contributed by atoms with Crippen LogP contribution in [0, 0.1) is 24.2 Å². The molecule has 4 nitrogen and oxygen atoms in total. The molecule has 6 heteroatoms. The first kappa shape index (κ1) is 15.7. The Hall–Kier alpha value is -2.78. The molecule has 1 saturated carbocycles. The average Bonchev–Trinajstić information content (AvgIpc) is 3.20. The molecular formula is C19H14FN3OS. The number of carbonyl (C=O) groups excluding carboxylic acids is 1. The minimum Gasteiger partial charge on any atom is -0.302 e. The molecule has 0 aliphatic heterocycles. The maximum absolute atomic E-state index is 13.0. The molecule has 3 aromatic rings. The molecule has 1 amide bonds. The molecule has 4 rings (SSSR count). The number of thiazole rings is 1. The number of hydrogen-bond acceptors (Lipinski definition) is 4. The van der Waals surface area contributed by atoms with Crippen LogP contribution in [0.3, 0.4) is 0 Å². The van der Waals surface area contributed by atoms with Gasteiger partial charge in [0.2, 0.25) is 5.91 Å². The van der Waals surface area contributed by atoms with Crippen LogP contribution in [0.25, 0.3) is 21.3 Å². The van der Waals surface area contributed by atoms with Crippen molar-refractivity contribution < 1.29 is 9.18 Å². The summed E-state index contributed by atoms with van der Waals surface area (Å²) in [7, 11) is 0. The summed E-state index contributed by atoms with van der Waals surface area (Å²) in [6, 6.07) is 13.6. The smallest absolute Gasteiger partial charge is 0.232 e. The van der Waals surface area contributed by atoms with Gasteiger partial charge in [0.25, 0.3) is 0 Å². The van der Waals surface area contributed by atoms with Gasteiger partial charge < -0.3 is 5.32 Å². The Bertz CT molecular complexity index is 1040. The number of rotatable bonds is 3. The van der Waals surface area contributed by atoms with E-state index in [0.717, 1.165) is 26.9 Å². The molecule has 1 N–H and O–H groups in total. The fraction of sp³-hybridized carbons (Fsp3) is 0.211. The summed E-state index contributed by atoms with van der Waals surface area (Å²) in [4.78, 5) is 16.2. The molecule has 1 unspecified atom stereocenters. The molecule has 2 aromatic carbocycles. The lowest BCUT2D eigenvalue weighted by Gasteiger charge is -2.06. The Labute approximate surface area is 147 Å². The highest BCUT2D eigenvalue weighted by atomic mass is 32.1. The van der Waals surface area contributed by atoms with Gasteiger partial charge in [-0.05, 0) is 54.3 Å². The number of anilines is 1. The van der Waals surface area contributed by atoms with E-state index in [1.807, 2.05) is 37.3 Å². The predicted molar refractivity (Wildman–Crippen MR) is 96.1 cm³/mol. The van der Waals surface area contributed by atoms with Gasteiger partial charge in [-0.15, -0.1) is 0 Å². The van der Waals surface area contributed by atoms with E-state index in [1.165, 1.54) is 11.3 Å². The number of amides is 1. The van der Waals surface area contributed by atoms with Crippen molar-refractivity contribution in [2.45, 2.75) is 19.5 Å². The van der Waals surface area contributed by atoms with Gasteiger partial charge in [-0.1, -0.05) is 23.5 Å². The number of carbonyl (C=O) groups is 1. The Morgan fingerprint density at radius 1 is 1.36 bits per heavy atom. The predicted octanol–water partition coefficient (Wildman–Crippen LogP) is 4.44. The van der Waals surface area contributed by atoms with Gasteiger partial charge >= 0.3 is 0 Å². The second-order valence-electron chi connectivity index (χ2n) is 6.19. The third kappa shape index (κ3) is 2.99. The van der Waals surface area contributed by atoms with Crippen molar-refractivity contribution in [1.82, 2.24) is 4.98 Å². The topological polar surface area (TPSA) is 65.8 Å². The van der Waals surface area contributed by atoms with Gasteiger partial charge in [0, 0.05) is 0 Å². The van der Waals surface area contributed by atoms with Crippen molar-refractivity contribution in [2.24, 2.45) is 5.92 Å². The van der Waals surface area contributed by atoms with Crippen LogP contribution >= 0.6 is 11.3 Å². The third-order valence-electron chi connectivity index (χ3n) is 4.35. The summed E-state index contributed by atoms with van der Waals surface area (Å²) in [5, 5.41) is 12.3. The lowest BCUT2D eigenvalue weighted by Crippen LogP contribution is -2.14. The van der Waals surface area contributed by atoms with Crippen LogP contribution in [0.2, 0.25) is 0 Å². The molecule has 1 fully saturated rings. The molecule has 1 aromatic heterocycles. The SMILES string of the molecule is Cc1ccc(C#N)cc1-c1ccc2nc(NC(=O)[C@@H]3CC3F)sc2c1. The Kier molecular flexibility index (Phi) is 3.74. The Morgan fingerprint density at radius 3 is 2.88 bits per heavy atom. The maximum atomic E-state index is 13.0. The fourth-order valence-corrected chi connectivity index (χ4v) is 3.69. The number of nitrogens with zero attached hydrogens (tertiary/aromatic N) is 2. The summed E-state index contributed by atoms with van der Waals surface area (Å²) in [6.45, 7) is 2.00. The van der Waals surface area contributed by atoms with E-state index in [1.54, 1.807) is 6.07 Å². The highest BCUT2D eigenvalue weighted by Crippen LogP contribution is 2.36. The second kappa shape index (κ2) is 5.94. The van der Waals surface area contributed by atoms with Crippen LogP contribution in [0.15, 0.2) is 36.4 Å². The summed E-state index contributed by atoms with van der Waals surface area (Å²) in [6.07, 6.45) is -0.716. The lowest BCUT2D eigenvalue weighted by molar-refractivity contribution is -0.117. The largest absolute Gasteiger partial charge is 0.302 e. The molecule has 124 valence electrons. The standard InChI is InChI=1S/C19H14FN3OS/c1-10-2-3-11(9-21)6-13(10)12-4-5-16-17(7-12)25-19(22-16)23-18(24)14-8-15(14)20/h2-7,14-15H,8H2,1H3,(H,22,23,24)/t14-,15?/m1/s1. The van der Waals surface area contributed by atoms with E-state index in [-0.39, 0.29) is 5.91 Å². The minimum absolute atomic E-state index is 0.301. The number of benzene rings is 2. The minimum atomic E-state index is -1.02. The van der Waals surface area contributed by atoms with Crippen molar-refractivity contribution >= 4 is 32.6 Å². The van der Waals surface area contributed by atoms with Crippen LogP contribution in [0.5, 0.6) is 0 Å². The maximum Gasteiger partial charge on any atom is 0.232 e. The average molecular weight is 351 g/mol. The molecular weight excluding hydrogens is 337 g/mol. The number of nitrogens with one attached hydrogen (secondary N) is 1. The highest BCUT2D eigenvalue weighted by Gasteiger charge is 2.43. The van der Waals surface area contributed by atoms with Crippen LogP contribution in [-0.2, 0) is 4.79 Å². The molecule has 2 atom stereocenters. The monoisotopic (exact) mass is 351 g/mol. The van der Waals surface area contributed by atoms with Crippen LogP contribution in [-0.4, -0.2) is 17.1 Å². The van der Waals surface area contributed by atoms with Gasteiger partial charge in [0.1, 0.15) is 6.17 Å². The van der Waals surface area contributed by atoms with E-state index in [0.29, 0.717) is 17.1 Å². The Morgan fingerprint density at radius 2 is 2.16 bits per heavy atom. The van der Waals surface area contributed by atoms with Gasteiger partial charge in [0.05, 0.1) is 27.8 Å². The van der Waals surface area contributed by atoms with Crippen LogP contribution in [0.4, 0.5) is 9.52 Å². The lowest BCUT2D eigenvalue weighted by atomic mass is 9.98. The molecule has 25 heavy (non-hydrogen) atoms. The first-order chi connectivity index (χ1) is 12.0. The number of nitriles is 1. The third-order valence-corrected chi connectivity index (χ3v) is 5.28. The van der Waals surface area contributed by atoms with Gasteiger partial charge in [-0.3, -0.25) is 4.79 Å². The summed E-state index contributed by atoms with van der Waals surface area (Å²) in [5.74, 6) is -0.830. The van der Waals surface area contributed by atoms with Crippen LogP contribution in [0.1, 0.15) is 17.5 Å². The van der Waals surface area contributed by atoms with E-state index in [2.05, 4.69) is 16.4 Å². The van der Waals surface area contributed by atoms with E-state index >= 15 is 0 Å². The quantitative estimate of drug-likeness (QED) is 0.758. The van der Waals surface area contributed by atoms with Gasteiger partial charge in [0.15, 0.2) is 5.13 Å². The number of aryl methyl sites for hydroxylation is 1. The molecule has 1 aliphatic carbocycles. The molecule has 1 heterocycles. The normalized spacial score (nSPS) is 18.8. The van der Waals surface area contributed by atoms with Crippen molar-refractivity contribution in [1.29, 1.82) is 5.26 Å². The Balaban J connectivity index is 1.67. The van der Waals surface area contributed by atoms with Crippen molar-refractivity contribution in [3.8, 4) is 17.2 Å². The number of alkyl halides is 1. The first-order valence-corrected chi connectivity index (χ1v) is 8.73. The second-order valence-corrected chi connectivity index (χ2v) is 7.22. The summed E-state index contributed by atoms with van der Waals surface area (Å²) in [5.41, 5.74) is 4.47. The van der Waals surface area contributed by atoms with E-state index in [9.17, 15) is 9.18 Å². The molecule has 0 radical (unpaired) electrons. The van der Waals surface area contributed by atoms with E-state index < -0.39 is 12.1 Å². The number of hydrogen-bond donors (Lipinski definition) is 1. The number of halogens is 1. The highest BCUT2D eigenvalue weighted by molar-refractivity contribution is 7.22. The molecule has 0 spiro atoms.